The lowest BCUT2D eigenvalue weighted by molar-refractivity contribution is -0.384. The third-order valence-electron chi connectivity index (χ3n) is 3.35. The van der Waals surface area contributed by atoms with Crippen LogP contribution in [0.2, 0.25) is 0 Å². The van der Waals surface area contributed by atoms with Crippen molar-refractivity contribution in [2.75, 3.05) is 17.7 Å². The van der Waals surface area contributed by atoms with Crippen LogP contribution in [0.4, 0.5) is 11.4 Å². The highest BCUT2D eigenvalue weighted by Crippen LogP contribution is 2.44. The van der Waals surface area contributed by atoms with Crippen molar-refractivity contribution >= 4 is 29.0 Å². The van der Waals surface area contributed by atoms with Gasteiger partial charge in [0.05, 0.1) is 10.3 Å². The maximum atomic E-state index is 12.3. The molecular formula is C12H11N3O3S. The average molecular weight is 277 g/mol. The lowest BCUT2D eigenvalue weighted by Crippen LogP contribution is -2.38. The fraction of sp³-hybridized carbons (Fsp3) is 0.333. The Kier molecular flexibility index (Phi) is 3.20. The maximum absolute atomic E-state index is 12.3. The van der Waals surface area contributed by atoms with E-state index in [2.05, 4.69) is 0 Å². The number of fused-ring (bicyclic) bond motifs is 1. The number of carbonyl (C=O) groups excluding carboxylic acids is 1. The quantitative estimate of drug-likeness (QED) is 0.479. The van der Waals surface area contributed by atoms with E-state index < -0.39 is 10.3 Å². The number of hydrogen-bond donors (Lipinski definition) is 0. The maximum Gasteiger partial charge on any atom is 0.269 e. The van der Waals surface area contributed by atoms with E-state index in [1.54, 1.807) is 20.0 Å². The number of thioether (sulfide) groups is 1. The second-order valence-electron chi connectivity index (χ2n) is 4.53. The third kappa shape index (κ3) is 1.94. The van der Waals surface area contributed by atoms with Gasteiger partial charge in [-0.25, -0.2) is 0 Å². The molecule has 0 saturated heterocycles. The molecule has 1 heterocycles. The van der Waals surface area contributed by atoms with Crippen molar-refractivity contribution in [3.8, 4) is 5.40 Å². The van der Waals surface area contributed by atoms with Crippen LogP contribution in [0, 0.1) is 20.8 Å². The zero-order valence-electron chi connectivity index (χ0n) is 10.4. The molecule has 1 aliphatic heterocycles. The minimum absolute atomic E-state index is 0.0463. The first kappa shape index (κ1) is 13.4. The molecule has 0 saturated carbocycles. The van der Waals surface area contributed by atoms with Crippen molar-refractivity contribution in [1.82, 2.24) is 0 Å². The van der Waals surface area contributed by atoms with Gasteiger partial charge in [0.15, 0.2) is 0 Å². The fourth-order valence-electron chi connectivity index (χ4n) is 2.28. The first-order valence-corrected chi connectivity index (χ1v) is 6.48. The number of nitriles is 1. The molecule has 0 spiro atoms. The van der Waals surface area contributed by atoms with Crippen LogP contribution in [0.3, 0.4) is 0 Å². The zero-order chi connectivity index (χ0) is 14.2. The fourth-order valence-corrected chi connectivity index (χ4v) is 2.92. The highest BCUT2D eigenvalue weighted by molar-refractivity contribution is 8.03. The van der Waals surface area contributed by atoms with Crippen LogP contribution >= 0.6 is 11.8 Å². The molecule has 1 aromatic rings. The summed E-state index contributed by atoms with van der Waals surface area (Å²) in [6.07, 6.45) is 0. The summed E-state index contributed by atoms with van der Waals surface area (Å²) in [7, 11) is 1.63. The van der Waals surface area contributed by atoms with Crippen LogP contribution in [0.25, 0.3) is 0 Å². The number of nitrogens with zero attached hydrogens (tertiary/aromatic N) is 3. The molecule has 1 unspecified atom stereocenters. The summed E-state index contributed by atoms with van der Waals surface area (Å²) in [5.74, 6) is 0.131. The van der Waals surface area contributed by atoms with E-state index in [0.717, 1.165) is 11.8 Å². The van der Waals surface area contributed by atoms with Gasteiger partial charge >= 0.3 is 0 Å². The van der Waals surface area contributed by atoms with Crippen LogP contribution < -0.4 is 4.90 Å². The predicted octanol–water partition coefficient (Wildman–Crippen LogP) is 2.04. The van der Waals surface area contributed by atoms with Crippen LogP contribution in [-0.2, 0) is 10.2 Å². The van der Waals surface area contributed by atoms with Crippen LogP contribution in [0.5, 0.6) is 0 Å². The highest BCUT2D eigenvalue weighted by atomic mass is 32.2. The van der Waals surface area contributed by atoms with Gasteiger partial charge in [0.25, 0.3) is 5.69 Å². The number of likely N-dealkylation sites (N-methyl/N-ethyl adjacent to an activating group) is 1. The van der Waals surface area contributed by atoms with Gasteiger partial charge in [-0.2, -0.15) is 5.26 Å². The van der Waals surface area contributed by atoms with Crippen LogP contribution in [0.15, 0.2) is 18.2 Å². The molecule has 0 N–H and O–H groups in total. The molecule has 6 nitrogen and oxygen atoms in total. The predicted molar refractivity (Wildman–Crippen MR) is 71.9 cm³/mol. The van der Waals surface area contributed by atoms with Gasteiger partial charge in [0, 0.05) is 30.6 Å². The Balaban J connectivity index is 2.56. The molecule has 1 aromatic carbocycles. The van der Waals surface area contributed by atoms with Crippen molar-refractivity contribution < 1.29 is 9.72 Å². The number of benzene rings is 1. The summed E-state index contributed by atoms with van der Waals surface area (Å²) in [4.78, 5) is 24.1. The van der Waals surface area contributed by atoms with Gasteiger partial charge in [0.2, 0.25) is 5.91 Å². The monoisotopic (exact) mass is 277 g/mol. The third-order valence-corrected chi connectivity index (χ3v) is 4.20. The number of anilines is 1. The van der Waals surface area contributed by atoms with Crippen molar-refractivity contribution in [3.63, 3.8) is 0 Å². The van der Waals surface area contributed by atoms with Crippen molar-refractivity contribution in [1.29, 1.82) is 5.26 Å². The van der Waals surface area contributed by atoms with Gasteiger partial charge in [-0.05, 0) is 30.3 Å². The molecule has 1 atom stereocenters. The SMILES string of the molecule is CN1C(=O)C(C)(CSC#N)c2cc([N+](=O)[O-])ccc21. The van der Waals surface area contributed by atoms with Crippen LogP contribution in [-0.4, -0.2) is 23.6 Å². The second-order valence-corrected chi connectivity index (χ2v) is 5.29. The lowest BCUT2D eigenvalue weighted by Gasteiger charge is -2.20. The topological polar surface area (TPSA) is 87.2 Å². The molecule has 1 aliphatic rings. The number of hydrogen-bond acceptors (Lipinski definition) is 5. The Hall–Kier alpha value is -2.07. The van der Waals surface area contributed by atoms with Crippen LogP contribution in [0.1, 0.15) is 12.5 Å². The molecular weight excluding hydrogens is 266 g/mol. The summed E-state index contributed by atoms with van der Waals surface area (Å²) >= 11 is 0.976. The smallest absolute Gasteiger partial charge is 0.269 e. The molecule has 1 amide bonds. The number of rotatable bonds is 3. The van der Waals surface area contributed by atoms with Gasteiger partial charge in [-0.3, -0.25) is 14.9 Å². The molecule has 19 heavy (non-hydrogen) atoms. The standard InChI is InChI=1S/C12H11N3O3S/c1-12(6-19-7-13)9-5-8(15(17)18)3-4-10(9)14(2)11(12)16/h3-5H,6H2,1-2H3. The van der Waals surface area contributed by atoms with E-state index in [-0.39, 0.29) is 17.3 Å². The zero-order valence-corrected chi connectivity index (χ0v) is 11.2. The largest absolute Gasteiger partial charge is 0.314 e. The first-order chi connectivity index (χ1) is 8.91. The number of amides is 1. The van der Waals surface area contributed by atoms with E-state index in [0.29, 0.717) is 11.3 Å². The summed E-state index contributed by atoms with van der Waals surface area (Å²) < 4.78 is 0. The summed E-state index contributed by atoms with van der Waals surface area (Å²) in [6.45, 7) is 1.71. The Morgan fingerprint density at radius 2 is 2.26 bits per heavy atom. The van der Waals surface area contributed by atoms with E-state index in [4.69, 9.17) is 5.26 Å². The number of non-ortho nitro benzene ring substituents is 1. The minimum atomic E-state index is -0.892. The average Bonchev–Trinajstić information content (AvgIpc) is 2.59. The number of nitro benzene ring substituents is 1. The second kappa shape index (κ2) is 4.55. The number of thiocyanates is 1. The van der Waals surface area contributed by atoms with Gasteiger partial charge < -0.3 is 4.90 Å². The van der Waals surface area contributed by atoms with E-state index in [1.165, 1.54) is 17.0 Å². The van der Waals surface area contributed by atoms with E-state index in [1.807, 2.05) is 5.40 Å². The Bertz CT molecular complexity index is 611. The van der Waals surface area contributed by atoms with Gasteiger partial charge in [-0.15, -0.1) is 0 Å². The number of carbonyl (C=O) groups is 1. The van der Waals surface area contributed by atoms with E-state index in [9.17, 15) is 14.9 Å². The van der Waals surface area contributed by atoms with Gasteiger partial charge in [-0.1, -0.05) is 0 Å². The first-order valence-electron chi connectivity index (χ1n) is 5.50. The molecule has 0 radical (unpaired) electrons. The highest BCUT2D eigenvalue weighted by Gasteiger charge is 2.46. The Labute approximate surface area is 114 Å². The normalized spacial score (nSPS) is 21.1. The van der Waals surface area contributed by atoms with Gasteiger partial charge in [0.1, 0.15) is 5.40 Å². The van der Waals surface area contributed by atoms with Crippen molar-refractivity contribution in [2.45, 2.75) is 12.3 Å². The molecule has 0 bridgehead atoms. The summed E-state index contributed by atoms with van der Waals surface area (Å²) in [5.41, 5.74) is 0.333. The van der Waals surface area contributed by atoms with Crippen molar-refractivity contribution in [2.24, 2.45) is 0 Å². The van der Waals surface area contributed by atoms with Crippen molar-refractivity contribution in [3.05, 3.63) is 33.9 Å². The minimum Gasteiger partial charge on any atom is -0.314 e. The summed E-state index contributed by atoms with van der Waals surface area (Å²) in [5, 5.41) is 21.4. The molecule has 98 valence electrons. The van der Waals surface area contributed by atoms with E-state index >= 15 is 0 Å². The Morgan fingerprint density at radius 1 is 1.58 bits per heavy atom. The lowest BCUT2D eigenvalue weighted by atomic mass is 9.85. The molecule has 2 rings (SSSR count). The number of nitro groups is 1. The molecule has 7 heteroatoms. The summed E-state index contributed by atoms with van der Waals surface area (Å²) in [6, 6.07) is 4.38. The molecule has 0 aliphatic carbocycles. The molecule has 0 aromatic heterocycles. The Morgan fingerprint density at radius 3 is 2.84 bits per heavy atom. The molecule has 0 fully saturated rings.